The van der Waals surface area contributed by atoms with Crippen molar-refractivity contribution in [1.82, 2.24) is 14.4 Å². The second kappa shape index (κ2) is 8.43. The van der Waals surface area contributed by atoms with Crippen molar-refractivity contribution in [3.05, 3.63) is 58.1 Å². The van der Waals surface area contributed by atoms with Gasteiger partial charge in [0, 0.05) is 44.5 Å². The number of likely N-dealkylation sites (N-methyl/N-ethyl adjacent to an activating group) is 1. The van der Waals surface area contributed by atoms with Crippen LogP contribution in [0.1, 0.15) is 34.5 Å². The number of halogens is 2. The Bertz CT molecular complexity index is 1020. The average molecular weight is 430 g/mol. The van der Waals surface area contributed by atoms with Crippen LogP contribution >= 0.6 is 11.6 Å². The van der Waals surface area contributed by atoms with E-state index in [1.807, 2.05) is 11.0 Å². The first-order valence-electron chi connectivity index (χ1n) is 10.1. The van der Waals surface area contributed by atoms with Gasteiger partial charge in [-0.25, -0.2) is 4.39 Å². The second-order valence-corrected chi connectivity index (χ2v) is 8.25. The molecule has 4 rings (SSSR count). The van der Waals surface area contributed by atoms with Crippen LogP contribution in [0.15, 0.2) is 30.3 Å². The standard InChI is InChI=1S/C23H25ClFN3O2/c1-26-13-14-28-20(7-8-21(28)24)23(26)9-11-27(12-10-23)22(29)18-6-5-17(19(25)16-18)4-3-15-30-2/h5-8,16H,9-15H2,1-2H3. The maximum Gasteiger partial charge on any atom is 0.253 e. The number of nitrogens with zero attached hydrogens (tertiary/aromatic N) is 3. The molecule has 1 saturated heterocycles. The molecular weight excluding hydrogens is 405 g/mol. The maximum absolute atomic E-state index is 14.4. The molecule has 0 saturated carbocycles. The third kappa shape index (κ3) is 3.62. The van der Waals surface area contributed by atoms with Crippen LogP contribution in [0.4, 0.5) is 4.39 Å². The highest BCUT2D eigenvalue weighted by Crippen LogP contribution is 2.42. The number of carbonyl (C=O) groups excluding carboxylic acids is 1. The van der Waals surface area contributed by atoms with Crippen LogP contribution in [0.25, 0.3) is 0 Å². The Hall–Kier alpha value is -2.33. The molecular formula is C23H25ClFN3O2. The molecule has 1 fully saturated rings. The van der Waals surface area contributed by atoms with Crippen LogP contribution in [0.5, 0.6) is 0 Å². The van der Waals surface area contributed by atoms with Gasteiger partial charge in [-0.2, -0.15) is 0 Å². The molecule has 1 aromatic carbocycles. The summed E-state index contributed by atoms with van der Waals surface area (Å²) in [6.45, 7) is 3.26. The molecule has 0 atom stereocenters. The first-order chi connectivity index (χ1) is 14.5. The molecule has 0 N–H and O–H groups in total. The molecule has 0 bridgehead atoms. The van der Waals surface area contributed by atoms with E-state index >= 15 is 0 Å². The molecule has 2 aromatic rings. The van der Waals surface area contributed by atoms with Gasteiger partial charge in [0.05, 0.1) is 11.1 Å². The Morgan fingerprint density at radius 2 is 1.97 bits per heavy atom. The zero-order valence-electron chi connectivity index (χ0n) is 17.3. The summed E-state index contributed by atoms with van der Waals surface area (Å²) in [7, 11) is 3.67. The number of likely N-dealkylation sites (tertiary alicyclic amines) is 1. The van der Waals surface area contributed by atoms with Gasteiger partial charge in [0.2, 0.25) is 0 Å². The Kier molecular flexibility index (Phi) is 5.88. The first kappa shape index (κ1) is 20.9. The predicted molar refractivity (Wildman–Crippen MR) is 114 cm³/mol. The van der Waals surface area contributed by atoms with Crippen LogP contribution in [0, 0.1) is 17.7 Å². The Balaban J connectivity index is 1.49. The number of benzene rings is 1. The number of piperidine rings is 1. The van der Waals surface area contributed by atoms with Crippen molar-refractivity contribution >= 4 is 17.5 Å². The SMILES string of the molecule is COCC#Cc1ccc(C(=O)N2CCC3(CC2)c2ccc(Cl)n2CCN3C)cc1F. The zero-order chi connectivity index (χ0) is 21.3. The third-order valence-electron chi connectivity index (χ3n) is 6.33. The summed E-state index contributed by atoms with van der Waals surface area (Å²) in [4.78, 5) is 17.2. The lowest BCUT2D eigenvalue weighted by atomic mass is 9.81. The summed E-state index contributed by atoms with van der Waals surface area (Å²) < 4.78 is 21.4. The number of ether oxygens (including phenoxy) is 1. The number of rotatable bonds is 2. The summed E-state index contributed by atoms with van der Waals surface area (Å²) in [5.41, 5.74) is 1.72. The van der Waals surface area contributed by atoms with E-state index in [0.29, 0.717) is 18.7 Å². The topological polar surface area (TPSA) is 37.7 Å². The monoisotopic (exact) mass is 429 g/mol. The number of fused-ring (bicyclic) bond motifs is 2. The summed E-state index contributed by atoms with van der Waals surface area (Å²) in [5.74, 6) is 4.81. The van der Waals surface area contributed by atoms with Crippen LogP contribution in [-0.4, -0.2) is 60.7 Å². The Labute approximate surface area is 181 Å². The lowest BCUT2D eigenvalue weighted by molar-refractivity contribution is 0.0131. The molecule has 158 valence electrons. The lowest BCUT2D eigenvalue weighted by Crippen LogP contribution is -2.56. The van der Waals surface area contributed by atoms with E-state index in [-0.39, 0.29) is 23.6 Å². The second-order valence-electron chi connectivity index (χ2n) is 7.87. The van der Waals surface area contributed by atoms with Gasteiger partial charge in [-0.3, -0.25) is 9.69 Å². The van der Waals surface area contributed by atoms with Crippen molar-refractivity contribution in [2.75, 3.05) is 40.4 Å². The van der Waals surface area contributed by atoms with Crippen LogP contribution < -0.4 is 0 Å². The smallest absolute Gasteiger partial charge is 0.253 e. The third-order valence-corrected chi connectivity index (χ3v) is 6.66. The first-order valence-corrected chi connectivity index (χ1v) is 10.5. The zero-order valence-corrected chi connectivity index (χ0v) is 18.0. The fourth-order valence-electron chi connectivity index (χ4n) is 4.59. The number of hydrogen-bond acceptors (Lipinski definition) is 3. The molecule has 5 nitrogen and oxygen atoms in total. The largest absolute Gasteiger partial charge is 0.372 e. The van der Waals surface area contributed by atoms with Crippen molar-refractivity contribution in [2.45, 2.75) is 24.9 Å². The molecule has 7 heteroatoms. The van der Waals surface area contributed by atoms with Crippen LogP contribution in [0.3, 0.4) is 0 Å². The van der Waals surface area contributed by atoms with Gasteiger partial charge < -0.3 is 14.2 Å². The summed E-state index contributed by atoms with van der Waals surface area (Å²) in [6.07, 6.45) is 1.64. The summed E-state index contributed by atoms with van der Waals surface area (Å²) >= 11 is 6.36. The van der Waals surface area contributed by atoms with Crippen LogP contribution in [-0.2, 0) is 16.8 Å². The molecule has 0 unspecified atom stereocenters. The van der Waals surface area contributed by atoms with Crippen LogP contribution in [0.2, 0.25) is 5.15 Å². The number of amides is 1. The quantitative estimate of drug-likeness (QED) is 0.687. The minimum absolute atomic E-state index is 0.117. The highest BCUT2D eigenvalue weighted by atomic mass is 35.5. The summed E-state index contributed by atoms with van der Waals surface area (Å²) in [6, 6.07) is 8.54. The van der Waals surface area contributed by atoms with E-state index in [2.05, 4.69) is 34.4 Å². The minimum atomic E-state index is -0.489. The van der Waals surface area contributed by atoms with Gasteiger partial charge in [0.1, 0.15) is 17.6 Å². The van der Waals surface area contributed by atoms with Gasteiger partial charge in [0.15, 0.2) is 0 Å². The van der Waals surface area contributed by atoms with Crippen molar-refractivity contribution < 1.29 is 13.9 Å². The molecule has 3 heterocycles. The van der Waals surface area contributed by atoms with E-state index in [4.69, 9.17) is 16.3 Å². The van der Waals surface area contributed by atoms with E-state index in [0.717, 1.165) is 31.1 Å². The van der Waals surface area contributed by atoms with E-state index < -0.39 is 5.82 Å². The predicted octanol–water partition coefficient (Wildman–Crippen LogP) is 3.36. The number of hydrogen-bond donors (Lipinski definition) is 0. The van der Waals surface area contributed by atoms with Crippen molar-refractivity contribution in [3.8, 4) is 11.8 Å². The van der Waals surface area contributed by atoms with Gasteiger partial charge in [-0.05, 0) is 50.2 Å². The molecule has 1 aromatic heterocycles. The number of carbonyl (C=O) groups is 1. The van der Waals surface area contributed by atoms with Gasteiger partial charge >= 0.3 is 0 Å². The molecule has 30 heavy (non-hydrogen) atoms. The van der Waals surface area contributed by atoms with Crippen molar-refractivity contribution in [2.24, 2.45) is 0 Å². The highest BCUT2D eigenvalue weighted by Gasteiger charge is 2.44. The lowest BCUT2D eigenvalue weighted by Gasteiger charge is -2.50. The molecule has 0 radical (unpaired) electrons. The van der Waals surface area contributed by atoms with E-state index in [9.17, 15) is 9.18 Å². The van der Waals surface area contributed by atoms with Gasteiger partial charge in [-0.1, -0.05) is 23.4 Å². The molecule has 1 spiro atoms. The Morgan fingerprint density at radius 1 is 1.20 bits per heavy atom. The molecule has 2 aliphatic rings. The van der Waals surface area contributed by atoms with E-state index in [1.54, 1.807) is 12.1 Å². The fourth-order valence-corrected chi connectivity index (χ4v) is 4.83. The van der Waals surface area contributed by atoms with Gasteiger partial charge in [-0.15, -0.1) is 0 Å². The maximum atomic E-state index is 14.4. The Morgan fingerprint density at radius 3 is 2.67 bits per heavy atom. The molecule has 0 aliphatic carbocycles. The highest BCUT2D eigenvalue weighted by molar-refractivity contribution is 6.29. The normalized spacial score (nSPS) is 18.1. The summed E-state index contributed by atoms with van der Waals surface area (Å²) in [5, 5.41) is 0.764. The number of aromatic nitrogens is 1. The fraction of sp³-hybridized carbons (Fsp3) is 0.435. The minimum Gasteiger partial charge on any atom is -0.372 e. The van der Waals surface area contributed by atoms with Gasteiger partial charge in [0.25, 0.3) is 5.91 Å². The number of methoxy groups -OCH3 is 1. The van der Waals surface area contributed by atoms with E-state index in [1.165, 1.54) is 18.9 Å². The average Bonchev–Trinajstić information content (AvgIpc) is 3.14. The molecule has 2 aliphatic heterocycles. The van der Waals surface area contributed by atoms with Crippen molar-refractivity contribution in [1.29, 1.82) is 0 Å². The molecule has 1 amide bonds. The van der Waals surface area contributed by atoms with Crippen molar-refractivity contribution in [3.63, 3.8) is 0 Å².